The van der Waals surface area contributed by atoms with E-state index in [4.69, 9.17) is 10.2 Å². The summed E-state index contributed by atoms with van der Waals surface area (Å²) in [6.07, 6.45) is 2.50. The highest BCUT2D eigenvalue weighted by Crippen LogP contribution is 2.21. The molecule has 0 aliphatic heterocycles. The van der Waals surface area contributed by atoms with Gasteiger partial charge in [0.1, 0.15) is 11.3 Å². The molecule has 0 aromatic carbocycles. The van der Waals surface area contributed by atoms with Crippen LogP contribution >= 0.6 is 15.9 Å². The molecule has 0 saturated heterocycles. The van der Waals surface area contributed by atoms with E-state index in [1.54, 1.807) is 6.20 Å². The summed E-state index contributed by atoms with van der Waals surface area (Å²) >= 11 is 3.35. The van der Waals surface area contributed by atoms with E-state index in [1.165, 1.54) is 0 Å². The van der Waals surface area contributed by atoms with E-state index >= 15 is 0 Å². The second-order valence-corrected chi connectivity index (χ2v) is 4.35. The van der Waals surface area contributed by atoms with Crippen LogP contribution in [0.1, 0.15) is 12.7 Å². The molecule has 0 fully saturated rings. The van der Waals surface area contributed by atoms with E-state index < -0.39 is 0 Å². The first kappa shape index (κ1) is 9.68. The predicted octanol–water partition coefficient (Wildman–Crippen LogP) is 2.48. The minimum absolute atomic E-state index is 0.110. The van der Waals surface area contributed by atoms with Crippen molar-refractivity contribution < 1.29 is 4.42 Å². The van der Waals surface area contributed by atoms with E-state index in [0.29, 0.717) is 0 Å². The lowest BCUT2D eigenvalue weighted by Gasteiger charge is -1.98. The lowest BCUT2D eigenvalue weighted by molar-refractivity contribution is 0.525. The fourth-order valence-corrected chi connectivity index (χ4v) is 1.67. The Hall–Kier alpha value is -0.870. The highest BCUT2D eigenvalue weighted by molar-refractivity contribution is 9.10. The number of furan rings is 1. The third-order valence-corrected chi connectivity index (χ3v) is 2.34. The van der Waals surface area contributed by atoms with Crippen molar-refractivity contribution in [3.63, 3.8) is 0 Å². The summed E-state index contributed by atoms with van der Waals surface area (Å²) in [5, 5.41) is 0. The molecule has 4 heteroatoms. The molecule has 2 N–H and O–H groups in total. The van der Waals surface area contributed by atoms with E-state index in [9.17, 15) is 0 Å². The fraction of sp³-hybridized carbons (Fsp3) is 0.300. The Morgan fingerprint density at radius 2 is 2.36 bits per heavy atom. The Morgan fingerprint density at radius 3 is 3.07 bits per heavy atom. The minimum Gasteiger partial charge on any atom is -0.459 e. The van der Waals surface area contributed by atoms with Gasteiger partial charge >= 0.3 is 0 Å². The van der Waals surface area contributed by atoms with Gasteiger partial charge in [-0.2, -0.15) is 0 Å². The van der Waals surface area contributed by atoms with Crippen LogP contribution in [0.25, 0.3) is 11.1 Å². The molecule has 2 rings (SSSR count). The summed E-state index contributed by atoms with van der Waals surface area (Å²) in [5.74, 6) is 0.889. The van der Waals surface area contributed by atoms with Gasteiger partial charge in [-0.15, -0.1) is 0 Å². The van der Waals surface area contributed by atoms with Crippen molar-refractivity contribution >= 4 is 27.0 Å². The molecular weight excluding hydrogens is 244 g/mol. The maximum absolute atomic E-state index is 5.69. The summed E-state index contributed by atoms with van der Waals surface area (Å²) in [5.41, 5.74) is 7.37. The Morgan fingerprint density at radius 1 is 1.57 bits per heavy atom. The molecule has 0 radical (unpaired) electrons. The molecule has 2 aromatic rings. The summed E-state index contributed by atoms with van der Waals surface area (Å²) in [6, 6.07) is 3.96. The molecule has 0 saturated carbocycles. The molecule has 74 valence electrons. The lowest BCUT2D eigenvalue weighted by Crippen LogP contribution is -2.17. The summed E-state index contributed by atoms with van der Waals surface area (Å²) < 4.78 is 6.51. The molecule has 0 spiro atoms. The molecule has 0 bridgehead atoms. The number of pyridine rings is 1. The number of nitrogens with zero attached hydrogens (tertiary/aromatic N) is 1. The first-order valence-electron chi connectivity index (χ1n) is 4.44. The van der Waals surface area contributed by atoms with Crippen molar-refractivity contribution in [1.29, 1.82) is 0 Å². The molecular formula is C10H11BrN2O. The van der Waals surface area contributed by atoms with Crippen molar-refractivity contribution in [2.45, 2.75) is 19.4 Å². The number of nitrogens with two attached hydrogens (primary N) is 1. The lowest BCUT2D eigenvalue weighted by atomic mass is 10.2. The Bertz CT molecular complexity index is 450. The van der Waals surface area contributed by atoms with Gasteiger partial charge in [-0.25, -0.2) is 0 Å². The van der Waals surface area contributed by atoms with Crippen LogP contribution in [0.15, 0.2) is 27.2 Å². The number of hydrogen-bond acceptors (Lipinski definition) is 3. The molecule has 0 amide bonds. The van der Waals surface area contributed by atoms with Crippen LogP contribution < -0.4 is 5.73 Å². The molecule has 1 atom stereocenters. The van der Waals surface area contributed by atoms with Gasteiger partial charge in [-0.1, -0.05) is 0 Å². The van der Waals surface area contributed by atoms with E-state index in [0.717, 1.165) is 27.8 Å². The number of aromatic nitrogens is 1. The molecule has 14 heavy (non-hydrogen) atoms. The summed E-state index contributed by atoms with van der Waals surface area (Å²) in [4.78, 5) is 4.23. The number of rotatable bonds is 2. The van der Waals surface area contributed by atoms with Gasteiger partial charge < -0.3 is 10.2 Å². The van der Waals surface area contributed by atoms with Gasteiger partial charge in [-0.05, 0) is 28.9 Å². The third-order valence-electron chi connectivity index (χ3n) is 1.91. The van der Waals surface area contributed by atoms with Gasteiger partial charge in [0, 0.05) is 29.2 Å². The average molecular weight is 255 g/mol. The number of halogens is 1. The normalized spacial score (nSPS) is 13.4. The molecule has 0 aliphatic carbocycles. The van der Waals surface area contributed by atoms with Crippen molar-refractivity contribution in [3.05, 3.63) is 28.6 Å². The van der Waals surface area contributed by atoms with Gasteiger partial charge in [0.15, 0.2) is 5.58 Å². The zero-order valence-corrected chi connectivity index (χ0v) is 9.41. The maximum Gasteiger partial charge on any atom is 0.153 e. The molecule has 3 nitrogen and oxygen atoms in total. The predicted molar refractivity (Wildman–Crippen MR) is 59.1 cm³/mol. The standard InChI is InChI=1S/C10H11BrN2O/c1-6(12)2-8-4-9-10(14-8)3-7(11)5-13-9/h3-6H,2,12H2,1H3. The van der Waals surface area contributed by atoms with Crippen molar-refractivity contribution in [3.8, 4) is 0 Å². The SMILES string of the molecule is CC(N)Cc1cc2ncc(Br)cc2o1. The van der Waals surface area contributed by atoms with Crippen LogP contribution in [-0.2, 0) is 6.42 Å². The van der Waals surface area contributed by atoms with Crippen molar-refractivity contribution in [2.24, 2.45) is 5.73 Å². The molecule has 2 aromatic heterocycles. The highest BCUT2D eigenvalue weighted by atomic mass is 79.9. The first-order chi connectivity index (χ1) is 6.65. The van der Waals surface area contributed by atoms with Crippen LogP contribution in [0, 0.1) is 0 Å². The maximum atomic E-state index is 5.69. The molecule has 2 heterocycles. The van der Waals surface area contributed by atoms with Crippen LogP contribution in [-0.4, -0.2) is 11.0 Å². The Balaban J connectivity index is 2.41. The van der Waals surface area contributed by atoms with Crippen LogP contribution in [0.2, 0.25) is 0 Å². The largest absolute Gasteiger partial charge is 0.459 e. The third kappa shape index (κ3) is 1.96. The monoisotopic (exact) mass is 254 g/mol. The van der Waals surface area contributed by atoms with Crippen LogP contribution in [0.4, 0.5) is 0 Å². The van der Waals surface area contributed by atoms with Crippen molar-refractivity contribution in [2.75, 3.05) is 0 Å². The number of hydrogen-bond donors (Lipinski definition) is 1. The zero-order chi connectivity index (χ0) is 10.1. The van der Waals surface area contributed by atoms with Gasteiger partial charge in [0.05, 0.1) is 0 Å². The summed E-state index contributed by atoms with van der Waals surface area (Å²) in [6.45, 7) is 1.95. The molecule has 0 aliphatic rings. The second-order valence-electron chi connectivity index (χ2n) is 3.43. The van der Waals surface area contributed by atoms with Crippen LogP contribution in [0.3, 0.4) is 0 Å². The Kier molecular flexibility index (Phi) is 2.56. The fourth-order valence-electron chi connectivity index (χ4n) is 1.36. The van der Waals surface area contributed by atoms with Crippen LogP contribution in [0.5, 0.6) is 0 Å². The van der Waals surface area contributed by atoms with Gasteiger partial charge in [0.25, 0.3) is 0 Å². The Labute approximate surface area is 90.4 Å². The second kappa shape index (κ2) is 3.71. The number of fused-ring (bicyclic) bond motifs is 1. The molecule has 1 unspecified atom stereocenters. The smallest absolute Gasteiger partial charge is 0.153 e. The summed E-state index contributed by atoms with van der Waals surface area (Å²) in [7, 11) is 0. The zero-order valence-electron chi connectivity index (χ0n) is 7.83. The topological polar surface area (TPSA) is 52.0 Å². The quantitative estimate of drug-likeness (QED) is 0.896. The van der Waals surface area contributed by atoms with Gasteiger partial charge in [-0.3, -0.25) is 4.98 Å². The van der Waals surface area contributed by atoms with E-state index in [2.05, 4.69) is 20.9 Å². The van der Waals surface area contributed by atoms with Gasteiger partial charge in [0.2, 0.25) is 0 Å². The first-order valence-corrected chi connectivity index (χ1v) is 5.24. The van der Waals surface area contributed by atoms with E-state index in [1.807, 2.05) is 19.1 Å². The van der Waals surface area contributed by atoms with E-state index in [-0.39, 0.29) is 6.04 Å². The average Bonchev–Trinajstić information content (AvgIpc) is 2.44. The van der Waals surface area contributed by atoms with Crippen molar-refractivity contribution in [1.82, 2.24) is 4.98 Å². The minimum atomic E-state index is 0.110. The highest BCUT2D eigenvalue weighted by Gasteiger charge is 2.06.